The van der Waals surface area contributed by atoms with Gasteiger partial charge in [0.1, 0.15) is 5.25 Å². The number of rotatable bonds is 5. The van der Waals surface area contributed by atoms with E-state index >= 15 is 0 Å². The van der Waals surface area contributed by atoms with E-state index in [1.165, 1.54) is 29.2 Å². The maximum absolute atomic E-state index is 14.0. The number of carbonyl (C=O) groups is 2. The third-order valence-electron chi connectivity index (χ3n) is 7.63. The third-order valence-corrected chi connectivity index (χ3v) is 10.2. The predicted octanol–water partition coefficient (Wildman–Crippen LogP) is 7.35. The van der Waals surface area contributed by atoms with E-state index in [1.54, 1.807) is 0 Å². The molecule has 0 radical (unpaired) electrons. The van der Waals surface area contributed by atoms with Gasteiger partial charge in [0.2, 0.25) is 5.91 Å². The molecule has 2 aromatic rings. The highest BCUT2D eigenvalue weighted by molar-refractivity contribution is 7.92. The minimum atomic E-state index is -4.80. The average molecular weight is 611 g/mol. The van der Waals surface area contributed by atoms with Crippen LogP contribution in [0.2, 0.25) is 15.1 Å². The van der Waals surface area contributed by atoms with Crippen LogP contribution in [-0.4, -0.2) is 51.0 Å². The van der Waals surface area contributed by atoms with Crippen molar-refractivity contribution in [2.24, 2.45) is 5.41 Å². The molecule has 0 aromatic heterocycles. The molecule has 206 valence electrons. The fourth-order valence-corrected chi connectivity index (χ4v) is 7.86. The number of halogens is 6. The first-order valence-corrected chi connectivity index (χ1v) is 14.4. The van der Waals surface area contributed by atoms with Crippen LogP contribution < -0.4 is 0 Å². The number of carboxylic acid groups (broad SMARTS) is 1. The second-order valence-corrected chi connectivity index (χ2v) is 13.0. The van der Waals surface area contributed by atoms with Gasteiger partial charge in [0.15, 0.2) is 10.8 Å². The molecular weight excluding hydrogens is 586 g/mol. The molecular formula is C26H25Cl3F3NO4S. The summed E-state index contributed by atoms with van der Waals surface area (Å²) in [5, 5.41) is 9.10. The van der Waals surface area contributed by atoms with Gasteiger partial charge < -0.3 is 14.6 Å². The average Bonchev–Trinajstić information content (AvgIpc) is 2.83. The van der Waals surface area contributed by atoms with E-state index in [0.717, 1.165) is 25.0 Å². The normalized spacial score (nSPS) is 19.8. The van der Waals surface area contributed by atoms with Crippen molar-refractivity contribution in [2.75, 3.05) is 13.1 Å². The summed E-state index contributed by atoms with van der Waals surface area (Å²) in [4.78, 5) is 26.0. The summed E-state index contributed by atoms with van der Waals surface area (Å²) in [5.41, 5.74) is -0.447. The van der Waals surface area contributed by atoms with E-state index < -0.39 is 35.1 Å². The van der Waals surface area contributed by atoms with E-state index in [1.807, 2.05) is 0 Å². The van der Waals surface area contributed by atoms with Gasteiger partial charge in [0, 0.05) is 29.2 Å². The summed E-state index contributed by atoms with van der Waals surface area (Å²) in [6.07, 6.45) is -0.849. The number of benzene rings is 2. The molecule has 1 N–H and O–H groups in total. The van der Waals surface area contributed by atoms with Crippen LogP contribution in [0.25, 0.3) is 0 Å². The standard InChI is InChI=1S/C26H25Cl3F3NO4S/c27-16-11-15(12-17(28)13-16)22(26(30,31)32)23(34)33-9-7-25(8-10-33)5-3-18(4-6-25)38(37)19-1-2-20(24(35)36)21(29)14-19/h1-2,11-14,18,22H,3-10H2,(H,35,36)/t22-,38?/m0/s1. The second-order valence-electron chi connectivity index (χ2n) is 9.95. The van der Waals surface area contributed by atoms with Crippen molar-refractivity contribution >= 4 is 57.9 Å². The van der Waals surface area contributed by atoms with Gasteiger partial charge in [-0.1, -0.05) is 34.8 Å². The molecule has 1 saturated heterocycles. The lowest BCUT2D eigenvalue weighted by Gasteiger charge is -2.46. The first-order chi connectivity index (χ1) is 17.8. The van der Waals surface area contributed by atoms with Gasteiger partial charge in [-0.3, -0.25) is 4.79 Å². The van der Waals surface area contributed by atoms with Gasteiger partial charge in [-0.2, -0.15) is 13.2 Å². The Kier molecular flexibility index (Phi) is 8.84. The SMILES string of the molecule is O=C(O)c1ccc([S+]([O-])C2CCC3(CC2)CCN(C(=O)[C@H](c2cc(Cl)cc(Cl)c2)C(F)(F)F)CC3)cc1Cl. The lowest BCUT2D eigenvalue weighted by molar-refractivity contribution is -0.173. The number of piperidine rings is 1. The van der Waals surface area contributed by atoms with Crippen molar-refractivity contribution < 1.29 is 32.4 Å². The van der Waals surface area contributed by atoms with E-state index in [4.69, 9.17) is 39.9 Å². The molecule has 2 atom stereocenters. The molecule has 4 rings (SSSR count). The minimum absolute atomic E-state index is 0.0291. The first kappa shape index (κ1) is 29.3. The summed E-state index contributed by atoms with van der Waals surface area (Å²) in [6, 6.07) is 7.86. The Morgan fingerprint density at radius 3 is 2.08 bits per heavy atom. The van der Waals surface area contributed by atoms with Crippen LogP contribution in [0.5, 0.6) is 0 Å². The van der Waals surface area contributed by atoms with Crippen LogP contribution in [-0.2, 0) is 16.0 Å². The van der Waals surface area contributed by atoms with Gasteiger partial charge in [-0.25, -0.2) is 4.79 Å². The quantitative estimate of drug-likeness (QED) is 0.359. The molecule has 1 unspecified atom stereocenters. The molecule has 1 heterocycles. The van der Waals surface area contributed by atoms with Gasteiger partial charge in [0.05, 0.1) is 10.6 Å². The van der Waals surface area contributed by atoms with Gasteiger partial charge in [-0.05, 0) is 91.0 Å². The molecule has 1 amide bonds. The van der Waals surface area contributed by atoms with Gasteiger partial charge in [0.25, 0.3) is 0 Å². The highest BCUT2D eigenvalue weighted by Crippen LogP contribution is 2.48. The van der Waals surface area contributed by atoms with Crippen LogP contribution in [0.15, 0.2) is 41.3 Å². The number of hydrogen-bond acceptors (Lipinski definition) is 3. The van der Waals surface area contributed by atoms with Crippen LogP contribution >= 0.6 is 34.8 Å². The predicted molar refractivity (Wildman–Crippen MR) is 141 cm³/mol. The third kappa shape index (κ3) is 6.39. The van der Waals surface area contributed by atoms with Gasteiger partial charge in [-0.15, -0.1) is 0 Å². The summed E-state index contributed by atoms with van der Waals surface area (Å²) < 4.78 is 55.0. The number of aromatic carboxylic acids is 1. The minimum Gasteiger partial charge on any atom is -0.611 e. The lowest BCUT2D eigenvalue weighted by Crippen LogP contribution is -2.48. The highest BCUT2D eigenvalue weighted by atomic mass is 35.5. The Morgan fingerprint density at radius 1 is 1.00 bits per heavy atom. The van der Waals surface area contributed by atoms with Crippen molar-refractivity contribution in [3.05, 3.63) is 62.6 Å². The Morgan fingerprint density at radius 2 is 1.58 bits per heavy atom. The molecule has 2 aromatic carbocycles. The molecule has 0 bridgehead atoms. The van der Waals surface area contributed by atoms with E-state index in [-0.39, 0.29) is 49.9 Å². The van der Waals surface area contributed by atoms with Crippen LogP contribution in [0, 0.1) is 5.41 Å². The van der Waals surface area contributed by atoms with Crippen LogP contribution in [0.4, 0.5) is 13.2 Å². The first-order valence-electron chi connectivity index (χ1n) is 12.0. The lowest BCUT2D eigenvalue weighted by atomic mass is 9.68. The topological polar surface area (TPSA) is 80.7 Å². The second kappa shape index (κ2) is 11.5. The Bertz CT molecular complexity index is 1190. The molecule has 1 aliphatic heterocycles. The zero-order chi connectivity index (χ0) is 27.8. The van der Waals surface area contributed by atoms with E-state index in [2.05, 4.69) is 0 Å². The molecule has 1 saturated carbocycles. The summed E-state index contributed by atoms with van der Waals surface area (Å²) in [7, 11) is 0. The zero-order valence-electron chi connectivity index (χ0n) is 20.1. The van der Waals surface area contributed by atoms with Crippen LogP contribution in [0.1, 0.15) is 60.4 Å². The molecule has 12 heteroatoms. The monoisotopic (exact) mass is 609 g/mol. The molecule has 1 spiro atoms. The Balaban J connectivity index is 1.38. The Labute approximate surface area is 236 Å². The maximum atomic E-state index is 14.0. The van der Waals surface area contributed by atoms with Crippen LogP contribution in [0.3, 0.4) is 0 Å². The molecule has 2 aliphatic rings. The smallest absolute Gasteiger partial charge is 0.404 e. The zero-order valence-corrected chi connectivity index (χ0v) is 23.2. The molecule has 5 nitrogen and oxygen atoms in total. The van der Waals surface area contributed by atoms with Crippen molar-refractivity contribution in [3.8, 4) is 0 Å². The number of alkyl halides is 3. The summed E-state index contributed by atoms with van der Waals surface area (Å²) in [5.74, 6) is -4.51. The number of likely N-dealkylation sites (tertiary alicyclic amines) is 1. The summed E-state index contributed by atoms with van der Waals surface area (Å²) in [6.45, 7) is 0.416. The number of amides is 1. The summed E-state index contributed by atoms with van der Waals surface area (Å²) >= 11 is 16.5. The number of carbonyl (C=O) groups excluding carboxylic acids is 1. The molecule has 2 fully saturated rings. The number of nitrogens with zero attached hydrogens (tertiary/aromatic N) is 1. The number of carboxylic acids is 1. The van der Waals surface area contributed by atoms with Crippen molar-refractivity contribution in [1.29, 1.82) is 0 Å². The van der Waals surface area contributed by atoms with Crippen molar-refractivity contribution in [3.63, 3.8) is 0 Å². The maximum Gasteiger partial charge on any atom is 0.404 e. The fourth-order valence-electron chi connectivity index (χ4n) is 5.50. The highest BCUT2D eigenvalue weighted by Gasteiger charge is 2.49. The fraction of sp³-hybridized carbons (Fsp3) is 0.462. The van der Waals surface area contributed by atoms with Gasteiger partial charge >= 0.3 is 12.1 Å². The number of hydrogen-bond donors (Lipinski definition) is 1. The van der Waals surface area contributed by atoms with E-state index in [9.17, 15) is 27.3 Å². The van der Waals surface area contributed by atoms with Crippen molar-refractivity contribution in [2.45, 2.75) is 60.8 Å². The Hall–Kier alpha value is -1.65. The molecule has 38 heavy (non-hydrogen) atoms. The largest absolute Gasteiger partial charge is 0.611 e. The van der Waals surface area contributed by atoms with E-state index in [0.29, 0.717) is 30.6 Å². The van der Waals surface area contributed by atoms with Crippen molar-refractivity contribution in [1.82, 2.24) is 4.90 Å². The molecule has 1 aliphatic carbocycles.